The number of hydrogen-bond donors (Lipinski definition) is 2. The van der Waals surface area contributed by atoms with Crippen molar-refractivity contribution in [2.75, 3.05) is 25.6 Å². The number of carbonyl (C=O) groups excluding carboxylic acids is 1. The zero-order chi connectivity index (χ0) is 13.4. The van der Waals surface area contributed by atoms with Crippen molar-refractivity contribution in [2.24, 2.45) is 5.73 Å². The SMILES string of the molecule is COCCC(=O)Nc1ccc(C#CCN)c(C)c1. The minimum absolute atomic E-state index is 0.0583. The minimum atomic E-state index is -0.0583. The predicted molar refractivity (Wildman–Crippen MR) is 72.2 cm³/mol. The molecule has 0 aromatic heterocycles. The van der Waals surface area contributed by atoms with Crippen LogP contribution in [0.15, 0.2) is 18.2 Å². The van der Waals surface area contributed by atoms with Gasteiger partial charge in [0.25, 0.3) is 0 Å². The molecule has 0 spiro atoms. The average molecular weight is 246 g/mol. The first-order chi connectivity index (χ1) is 8.67. The number of carbonyl (C=O) groups is 1. The molecular weight excluding hydrogens is 228 g/mol. The molecule has 1 amide bonds. The molecule has 0 saturated heterocycles. The van der Waals surface area contributed by atoms with Crippen molar-refractivity contribution in [3.8, 4) is 11.8 Å². The van der Waals surface area contributed by atoms with Crippen molar-refractivity contribution >= 4 is 11.6 Å². The number of methoxy groups -OCH3 is 1. The number of aryl methyl sites for hydroxylation is 1. The van der Waals surface area contributed by atoms with Gasteiger partial charge >= 0.3 is 0 Å². The quantitative estimate of drug-likeness (QED) is 0.787. The Balaban J connectivity index is 2.69. The maximum atomic E-state index is 11.5. The smallest absolute Gasteiger partial charge is 0.226 e. The maximum absolute atomic E-state index is 11.5. The van der Waals surface area contributed by atoms with Crippen LogP contribution < -0.4 is 11.1 Å². The highest BCUT2D eigenvalue weighted by atomic mass is 16.5. The van der Waals surface area contributed by atoms with Crippen LogP contribution in [-0.4, -0.2) is 26.2 Å². The molecule has 1 aromatic rings. The fourth-order valence-corrected chi connectivity index (χ4v) is 1.45. The van der Waals surface area contributed by atoms with Gasteiger partial charge in [-0.05, 0) is 30.7 Å². The number of nitrogens with one attached hydrogen (secondary N) is 1. The number of rotatable bonds is 4. The van der Waals surface area contributed by atoms with E-state index in [1.54, 1.807) is 7.11 Å². The van der Waals surface area contributed by atoms with Gasteiger partial charge in [0.15, 0.2) is 0 Å². The number of nitrogens with two attached hydrogens (primary N) is 1. The van der Waals surface area contributed by atoms with Crippen molar-refractivity contribution in [3.05, 3.63) is 29.3 Å². The summed E-state index contributed by atoms with van der Waals surface area (Å²) in [7, 11) is 1.57. The minimum Gasteiger partial charge on any atom is -0.384 e. The first kappa shape index (κ1) is 14.2. The van der Waals surface area contributed by atoms with Crippen molar-refractivity contribution in [1.82, 2.24) is 0 Å². The summed E-state index contributed by atoms with van der Waals surface area (Å²) in [5, 5.41) is 2.81. The van der Waals surface area contributed by atoms with Gasteiger partial charge in [-0.25, -0.2) is 0 Å². The molecule has 0 fully saturated rings. The first-order valence-electron chi connectivity index (χ1n) is 5.75. The van der Waals surface area contributed by atoms with Crippen LogP contribution in [0.3, 0.4) is 0 Å². The lowest BCUT2D eigenvalue weighted by atomic mass is 10.1. The van der Waals surface area contributed by atoms with Crippen LogP contribution in [0.25, 0.3) is 0 Å². The first-order valence-corrected chi connectivity index (χ1v) is 5.75. The topological polar surface area (TPSA) is 64.3 Å². The monoisotopic (exact) mass is 246 g/mol. The molecule has 0 atom stereocenters. The van der Waals surface area contributed by atoms with Gasteiger partial charge in [0.1, 0.15) is 0 Å². The third-order valence-electron chi connectivity index (χ3n) is 2.37. The van der Waals surface area contributed by atoms with E-state index in [4.69, 9.17) is 10.5 Å². The summed E-state index contributed by atoms with van der Waals surface area (Å²) in [5.41, 5.74) is 8.04. The number of benzene rings is 1. The molecule has 1 aromatic carbocycles. The molecule has 18 heavy (non-hydrogen) atoms. The predicted octanol–water partition coefficient (Wildman–Crippen LogP) is 1.28. The third-order valence-corrected chi connectivity index (χ3v) is 2.37. The summed E-state index contributed by atoms with van der Waals surface area (Å²) in [4.78, 5) is 11.5. The molecule has 1 rings (SSSR count). The highest BCUT2D eigenvalue weighted by Crippen LogP contribution is 2.14. The van der Waals surface area contributed by atoms with E-state index in [0.717, 1.165) is 16.8 Å². The molecule has 0 saturated carbocycles. The molecule has 3 N–H and O–H groups in total. The van der Waals surface area contributed by atoms with Gasteiger partial charge in [0, 0.05) is 18.4 Å². The number of amides is 1. The molecule has 0 aliphatic carbocycles. The summed E-state index contributed by atoms with van der Waals surface area (Å²) in [5.74, 6) is 5.73. The van der Waals surface area contributed by atoms with Crippen molar-refractivity contribution in [1.29, 1.82) is 0 Å². The Morgan fingerprint density at radius 2 is 2.28 bits per heavy atom. The molecule has 0 radical (unpaired) electrons. The summed E-state index contributed by atoms with van der Waals surface area (Å²) in [6, 6.07) is 5.60. The molecule has 96 valence electrons. The maximum Gasteiger partial charge on any atom is 0.226 e. The van der Waals surface area contributed by atoms with E-state index in [0.29, 0.717) is 19.6 Å². The second kappa shape index (κ2) is 7.49. The molecule has 0 aliphatic rings. The molecule has 0 unspecified atom stereocenters. The zero-order valence-electron chi connectivity index (χ0n) is 10.7. The number of anilines is 1. The van der Waals surface area contributed by atoms with Gasteiger partial charge < -0.3 is 15.8 Å². The van der Waals surface area contributed by atoms with Gasteiger partial charge in [-0.3, -0.25) is 4.79 Å². The highest BCUT2D eigenvalue weighted by molar-refractivity contribution is 5.90. The Kier molecular flexibility index (Phi) is 5.92. The standard InChI is InChI=1S/C14H18N2O2/c1-11-10-13(16-14(17)7-9-18-2)6-5-12(11)4-3-8-15/h5-6,10H,7-9,15H2,1-2H3,(H,16,17). The van der Waals surface area contributed by atoms with Crippen LogP contribution in [0.4, 0.5) is 5.69 Å². The summed E-state index contributed by atoms with van der Waals surface area (Å²) in [6.45, 7) is 2.71. The normalized spacial score (nSPS) is 9.50. The molecule has 0 bridgehead atoms. The molecule has 4 nitrogen and oxygen atoms in total. The lowest BCUT2D eigenvalue weighted by Gasteiger charge is -2.07. The van der Waals surface area contributed by atoms with Crippen LogP contribution in [0, 0.1) is 18.8 Å². The van der Waals surface area contributed by atoms with E-state index in [9.17, 15) is 4.79 Å². The molecule has 4 heteroatoms. The number of hydrogen-bond acceptors (Lipinski definition) is 3. The van der Waals surface area contributed by atoms with E-state index in [-0.39, 0.29) is 5.91 Å². The van der Waals surface area contributed by atoms with E-state index < -0.39 is 0 Å². The van der Waals surface area contributed by atoms with E-state index in [2.05, 4.69) is 17.2 Å². The molecule has 0 aliphatic heterocycles. The van der Waals surface area contributed by atoms with E-state index >= 15 is 0 Å². The molecular formula is C14H18N2O2. The van der Waals surface area contributed by atoms with Gasteiger partial charge in [0.2, 0.25) is 5.91 Å². The summed E-state index contributed by atoms with van der Waals surface area (Å²) >= 11 is 0. The summed E-state index contributed by atoms with van der Waals surface area (Å²) < 4.78 is 4.85. The molecule has 0 heterocycles. The Labute approximate surface area is 108 Å². The van der Waals surface area contributed by atoms with Gasteiger partial charge in [-0.15, -0.1) is 0 Å². The Hall–Kier alpha value is -1.83. The fraction of sp³-hybridized carbons (Fsp3) is 0.357. The fourth-order valence-electron chi connectivity index (χ4n) is 1.45. The number of ether oxygens (including phenoxy) is 1. The van der Waals surface area contributed by atoms with Crippen molar-refractivity contribution < 1.29 is 9.53 Å². The second-order valence-corrected chi connectivity index (χ2v) is 3.83. The van der Waals surface area contributed by atoms with Gasteiger partial charge in [-0.2, -0.15) is 0 Å². The largest absolute Gasteiger partial charge is 0.384 e. The highest BCUT2D eigenvalue weighted by Gasteiger charge is 2.03. The zero-order valence-corrected chi connectivity index (χ0v) is 10.7. The van der Waals surface area contributed by atoms with Crippen molar-refractivity contribution in [2.45, 2.75) is 13.3 Å². The van der Waals surface area contributed by atoms with Crippen molar-refractivity contribution in [3.63, 3.8) is 0 Å². The lowest BCUT2D eigenvalue weighted by Crippen LogP contribution is -2.13. The Morgan fingerprint density at radius 1 is 1.50 bits per heavy atom. The van der Waals surface area contributed by atoms with E-state index in [1.807, 2.05) is 25.1 Å². The van der Waals surface area contributed by atoms with Gasteiger partial charge in [-0.1, -0.05) is 11.8 Å². The Morgan fingerprint density at radius 3 is 2.89 bits per heavy atom. The summed E-state index contributed by atoms with van der Waals surface area (Å²) in [6.07, 6.45) is 0.351. The van der Waals surface area contributed by atoms with Crippen LogP contribution in [0.2, 0.25) is 0 Å². The van der Waals surface area contributed by atoms with Crippen LogP contribution in [-0.2, 0) is 9.53 Å². The average Bonchev–Trinajstić information content (AvgIpc) is 2.35. The lowest BCUT2D eigenvalue weighted by molar-refractivity contribution is -0.117. The van der Waals surface area contributed by atoms with Crippen LogP contribution in [0.5, 0.6) is 0 Å². The van der Waals surface area contributed by atoms with Crippen LogP contribution >= 0.6 is 0 Å². The second-order valence-electron chi connectivity index (χ2n) is 3.83. The van der Waals surface area contributed by atoms with E-state index in [1.165, 1.54) is 0 Å². The third kappa shape index (κ3) is 4.58. The Bertz CT molecular complexity index is 472. The van der Waals surface area contributed by atoms with Crippen LogP contribution in [0.1, 0.15) is 17.5 Å². The van der Waals surface area contributed by atoms with Gasteiger partial charge in [0.05, 0.1) is 19.6 Å².